The first-order valence-corrected chi connectivity index (χ1v) is 3.76. The minimum absolute atomic E-state index is 0.348. The molecule has 4 heteroatoms. The van der Waals surface area contributed by atoms with Gasteiger partial charge in [-0.25, -0.2) is 0 Å². The Morgan fingerprint density at radius 2 is 2.55 bits per heavy atom. The first-order chi connectivity index (χ1) is 5.20. The van der Waals surface area contributed by atoms with Crippen molar-refractivity contribution in [3.63, 3.8) is 0 Å². The second-order valence-corrected chi connectivity index (χ2v) is 2.91. The lowest BCUT2D eigenvalue weighted by Crippen LogP contribution is -2.32. The zero-order valence-corrected chi connectivity index (χ0v) is 6.32. The van der Waals surface area contributed by atoms with Gasteiger partial charge < -0.3 is 15.6 Å². The van der Waals surface area contributed by atoms with Crippen LogP contribution in [0.5, 0.6) is 0 Å². The number of aliphatic carboxylic acids is 1. The summed E-state index contributed by atoms with van der Waals surface area (Å²) in [4.78, 5) is 10.3. The van der Waals surface area contributed by atoms with E-state index in [0.717, 1.165) is 13.0 Å². The van der Waals surface area contributed by atoms with Gasteiger partial charge in [0.15, 0.2) is 0 Å². The molecule has 11 heavy (non-hydrogen) atoms. The Kier molecular flexibility index (Phi) is 2.84. The van der Waals surface area contributed by atoms with Crippen LogP contribution in [0.2, 0.25) is 0 Å². The van der Waals surface area contributed by atoms with Gasteiger partial charge in [0.2, 0.25) is 0 Å². The van der Waals surface area contributed by atoms with E-state index in [1.165, 1.54) is 0 Å². The molecule has 2 atom stereocenters. The fraction of sp³-hybridized carbons (Fsp3) is 0.857. The third-order valence-electron chi connectivity index (χ3n) is 1.93. The maximum absolute atomic E-state index is 10.3. The molecule has 3 N–H and O–H groups in total. The summed E-state index contributed by atoms with van der Waals surface area (Å²) in [6.45, 7) is 1.41. The summed E-state index contributed by atoms with van der Waals surface area (Å²) in [5.41, 5.74) is 5.34. The number of carboxylic acid groups (broad SMARTS) is 1. The van der Waals surface area contributed by atoms with E-state index in [2.05, 4.69) is 0 Å². The van der Waals surface area contributed by atoms with E-state index in [1.807, 2.05) is 0 Å². The standard InChI is InChI=1S/C7H13NO3/c8-6(7(9)10)3-5-1-2-11-4-5/h5-6H,1-4,8H2,(H,9,10)/t5?,6-/m0/s1. The second-order valence-electron chi connectivity index (χ2n) is 2.91. The van der Waals surface area contributed by atoms with Gasteiger partial charge in [0.1, 0.15) is 6.04 Å². The molecule has 0 bridgehead atoms. The lowest BCUT2D eigenvalue weighted by Gasteiger charge is -2.10. The summed E-state index contributed by atoms with van der Waals surface area (Å²) < 4.78 is 5.09. The molecular formula is C7H13NO3. The molecule has 0 saturated carbocycles. The molecule has 0 aromatic heterocycles. The zero-order chi connectivity index (χ0) is 8.27. The van der Waals surface area contributed by atoms with Gasteiger partial charge in [-0.3, -0.25) is 4.79 Å². The molecule has 0 aromatic carbocycles. The van der Waals surface area contributed by atoms with Crippen LogP contribution in [-0.2, 0) is 9.53 Å². The fourth-order valence-corrected chi connectivity index (χ4v) is 1.23. The van der Waals surface area contributed by atoms with E-state index in [1.54, 1.807) is 0 Å². The van der Waals surface area contributed by atoms with Crippen molar-refractivity contribution in [2.24, 2.45) is 11.7 Å². The van der Waals surface area contributed by atoms with Crippen molar-refractivity contribution in [3.05, 3.63) is 0 Å². The summed E-state index contributed by atoms with van der Waals surface area (Å²) in [5, 5.41) is 8.48. The van der Waals surface area contributed by atoms with E-state index >= 15 is 0 Å². The minimum atomic E-state index is -0.920. The van der Waals surface area contributed by atoms with E-state index in [0.29, 0.717) is 18.9 Å². The normalized spacial score (nSPS) is 26.8. The lowest BCUT2D eigenvalue weighted by molar-refractivity contribution is -0.138. The molecular weight excluding hydrogens is 146 g/mol. The van der Waals surface area contributed by atoms with Crippen LogP contribution in [0.25, 0.3) is 0 Å². The number of rotatable bonds is 3. The van der Waals surface area contributed by atoms with E-state index in [-0.39, 0.29) is 0 Å². The summed E-state index contributed by atoms with van der Waals surface area (Å²) in [7, 11) is 0. The smallest absolute Gasteiger partial charge is 0.320 e. The Morgan fingerprint density at radius 3 is 3.00 bits per heavy atom. The van der Waals surface area contributed by atoms with Crippen molar-refractivity contribution in [2.75, 3.05) is 13.2 Å². The maximum Gasteiger partial charge on any atom is 0.320 e. The Balaban J connectivity index is 2.23. The zero-order valence-electron chi connectivity index (χ0n) is 6.32. The summed E-state index contributed by atoms with van der Waals surface area (Å²) in [6, 6.07) is -0.721. The van der Waals surface area contributed by atoms with Gasteiger partial charge in [0.05, 0.1) is 0 Å². The average molecular weight is 159 g/mol. The summed E-state index contributed by atoms with van der Waals surface area (Å²) in [5.74, 6) is -0.571. The van der Waals surface area contributed by atoms with Crippen LogP contribution in [0.4, 0.5) is 0 Å². The molecule has 0 radical (unpaired) electrons. The lowest BCUT2D eigenvalue weighted by atomic mass is 10.00. The summed E-state index contributed by atoms with van der Waals surface area (Å²) in [6.07, 6.45) is 1.48. The van der Waals surface area contributed by atoms with Crippen LogP contribution in [0.15, 0.2) is 0 Å². The molecule has 0 amide bonds. The predicted octanol–water partition coefficient (Wildman–Crippen LogP) is -0.175. The monoisotopic (exact) mass is 159 g/mol. The molecule has 1 saturated heterocycles. The van der Waals surface area contributed by atoms with Crippen molar-refractivity contribution in [2.45, 2.75) is 18.9 Å². The molecule has 0 aromatic rings. The van der Waals surface area contributed by atoms with Crippen molar-refractivity contribution in [3.8, 4) is 0 Å². The van der Waals surface area contributed by atoms with Crippen LogP contribution < -0.4 is 5.73 Å². The first-order valence-electron chi connectivity index (χ1n) is 3.76. The molecule has 1 aliphatic rings. The van der Waals surface area contributed by atoms with E-state index < -0.39 is 12.0 Å². The SMILES string of the molecule is N[C@@H](CC1CCOC1)C(=O)O. The van der Waals surface area contributed by atoms with Gasteiger partial charge in [-0.1, -0.05) is 0 Å². The number of ether oxygens (including phenoxy) is 1. The molecule has 1 rings (SSSR count). The van der Waals surface area contributed by atoms with Crippen LogP contribution in [0.3, 0.4) is 0 Å². The molecule has 4 nitrogen and oxygen atoms in total. The van der Waals surface area contributed by atoms with E-state index in [4.69, 9.17) is 15.6 Å². The Bertz CT molecular complexity index is 143. The van der Waals surface area contributed by atoms with Gasteiger partial charge in [0, 0.05) is 13.2 Å². The summed E-state index contributed by atoms with van der Waals surface area (Å²) >= 11 is 0. The Hall–Kier alpha value is -0.610. The third kappa shape index (κ3) is 2.48. The van der Waals surface area contributed by atoms with E-state index in [9.17, 15) is 4.79 Å². The van der Waals surface area contributed by atoms with Crippen molar-refractivity contribution in [1.82, 2.24) is 0 Å². The highest BCUT2D eigenvalue weighted by Gasteiger charge is 2.21. The molecule has 1 fully saturated rings. The van der Waals surface area contributed by atoms with Gasteiger partial charge in [-0.15, -0.1) is 0 Å². The molecule has 1 unspecified atom stereocenters. The molecule has 64 valence electrons. The third-order valence-corrected chi connectivity index (χ3v) is 1.93. The topological polar surface area (TPSA) is 72.5 Å². The van der Waals surface area contributed by atoms with Crippen LogP contribution in [0.1, 0.15) is 12.8 Å². The molecule has 1 aliphatic heterocycles. The first kappa shape index (κ1) is 8.49. The van der Waals surface area contributed by atoms with Gasteiger partial charge in [0.25, 0.3) is 0 Å². The number of nitrogens with two attached hydrogens (primary N) is 1. The maximum atomic E-state index is 10.3. The van der Waals surface area contributed by atoms with Crippen LogP contribution in [0, 0.1) is 5.92 Å². The predicted molar refractivity (Wildman–Crippen MR) is 39.2 cm³/mol. The highest BCUT2D eigenvalue weighted by atomic mass is 16.5. The van der Waals surface area contributed by atoms with Crippen molar-refractivity contribution >= 4 is 5.97 Å². The molecule has 1 heterocycles. The van der Waals surface area contributed by atoms with Crippen molar-refractivity contribution in [1.29, 1.82) is 0 Å². The second kappa shape index (κ2) is 3.69. The number of hydrogen-bond donors (Lipinski definition) is 2. The quantitative estimate of drug-likeness (QED) is 0.599. The van der Waals surface area contributed by atoms with Crippen molar-refractivity contribution < 1.29 is 14.6 Å². The number of carboxylic acids is 1. The largest absolute Gasteiger partial charge is 0.480 e. The van der Waals surface area contributed by atoms with Crippen LogP contribution in [-0.4, -0.2) is 30.3 Å². The highest BCUT2D eigenvalue weighted by Crippen LogP contribution is 2.17. The fourth-order valence-electron chi connectivity index (χ4n) is 1.23. The minimum Gasteiger partial charge on any atom is -0.480 e. The van der Waals surface area contributed by atoms with Gasteiger partial charge >= 0.3 is 5.97 Å². The Morgan fingerprint density at radius 1 is 1.82 bits per heavy atom. The van der Waals surface area contributed by atoms with Gasteiger partial charge in [-0.2, -0.15) is 0 Å². The number of hydrogen-bond acceptors (Lipinski definition) is 3. The highest BCUT2D eigenvalue weighted by molar-refractivity contribution is 5.73. The number of carbonyl (C=O) groups is 1. The molecule has 0 aliphatic carbocycles. The Labute approximate surface area is 65.3 Å². The van der Waals surface area contributed by atoms with Gasteiger partial charge in [-0.05, 0) is 18.8 Å². The average Bonchev–Trinajstić information content (AvgIpc) is 2.39. The van der Waals surface area contributed by atoms with Crippen LogP contribution >= 0.6 is 0 Å². The molecule has 0 spiro atoms.